The minimum Gasteiger partial charge on any atom is -0.464 e. The molecule has 0 aliphatic carbocycles. The third kappa shape index (κ3) is 3.69. The third-order valence-corrected chi connectivity index (χ3v) is 3.16. The first-order chi connectivity index (χ1) is 9.76. The van der Waals surface area contributed by atoms with Gasteiger partial charge in [-0.3, -0.25) is 0 Å². The highest BCUT2D eigenvalue weighted by molar-refractivity contribution is 5.38. The van der Waals surface area contributed by atoms with Gasteiger partial charge in [0.05, 0.1) is 12.7 Å². The molecule has 1 aromatic rings. The summed E-state index contributed by atoms with van der Waals surface area (Å²) in [5, 5.41) is 2.94. The first-order valence-corrected chi connectivity index (χ1v) is 7.20. The molecule has 1 saturated heterocycles. The number of hydrogen-bond acceptors (Lipinski definition) is 7. The van der Waals surface area contributed by atoms with Gasteiger partial charge in [-0.2, -0.15) is 15.0 Å². The predicted octanol–water partition coefficient (Wildman–Crippen LogP) is 1.32. The Hall–Kier alpha value is -1.63. The lowest BCUT2D eigenvalue weighted by Crippen LogP contribution is -2.40. The zero-order valence-electron chi connectivity index (χ0n) is 12.4. The Bertz CT molecular complexity index is 427. The molecular formula is C13H23N5O2. The molecule has 1 N–H and O–H groups in total. The van der Waals surface area contributed by atoms with Crippen LogP contribution in [0.1, 0.15) is 26.7 Å². The number of aromatic nitrogens is 3. The normalized spacial score (nSPS) is 18.9. The Balaban J connectivity index is 2.15. The number of anilines is 2. The van der Waals surface area contributed by atoms with Crippen molar-refractivity contribution in [2.75, 3.05) is 43.6 Å². The van der Waals surface area contributed by atoms with Crippen LogP contribution in [0.15, 0.2) is 0 Å². The van der Waals surface area contributed by atoms with Crippen LogP contribution >= 0.6 is 0 Å². The molecule has 0 bridgehead atoms. The standard InChI is InChI=1S/C13H23N5O2/c1-4-19-10-7-6-8-18(9-10)12-15-11(14-3)16-13(17-12)20-5-2/h10H,4-9H2,1-3H3,(H,14,15,16,17). The number of nitrogens with zero attached hydrogens (tertiary/aromatic N) is 4. The van der Waals surface area contributed by atoms with Crippen molar-refractivity contribution in [1.29, 1.82) is 0 Å². The molecule has 0 saturated carbocycles. The summed E-state index contributed by atoms with van der Waals surface area (Å²) in [5.74, 6) is 1.18. The fraction of sp³-hybridized carbons (Fsp3) is 0.769. The van der Waals surface area contributed by atoms with Gasteiger partial charge in [0.15, 0.2) is 0 Å². The lowest BCUT2D eigenvalue weighted by atomic mass is 10.1. The van der Waals surface area contributed by atoms with Gasteiger partial charge in [-0.25, -0.2) is 0 Å². The van der Waals surface area contributed by atoms with Crippen LogP contribution in [0, 0.1) is 0 Å². The molecule has 7 nitrogen and oxygen atoms in total. The molecule has 2 heterocycles. The molecule has 0 radical (unpaired) electrons. The smallest absolute Gasteiger partial charge is 0.323 e. The maximum absolute atomic E-state index is 5.71. The fourth-order valence-electron chi connectivity index (χ4n) is 2.28. The van der Waals surface area contributed by atoms with Gasteiger partial charge in [-0.1, -0.05) is 0 Å². The quantitative estimate of drug-likeness (QED) is 0.843. The Kier molecular flexibility index (Phi) is 5.34. The lowest BCUT2D eigenvalue weighted by molar-refractivity contribution is 0.0523. The molecule has 1 aromatic heterocycles. The molecule has 20 heavy (non-hydrogen) atoms. The van der Waals surface area contributed by atoms with Crippen LogP contribution < -0.4 is 15.0 Å². The molecule has 0 aromatic carbocycles. The van der Waals surface area contributed by atoms with E-state index in [0.29, 0.717) is 24.5 Å². The first kappa shape index (κ1) is 14.8. The zero-order valence-corrected chi connectivity index (χ0v) is 12.4. The summed E-state index contributed by atoms with van der Waals surface area (Å²) in [7, 11) is 1.79. The number of piperidine rings is 1. The Morgan fingerprint density at radius 1 is 1.25 bits per heavy atom. The zero-order chi connectivity index (χ0) is 14.4. The molecule has 0 amide bonds. The van der Waals surface area contributed by atoms with Crippen molar-refractivity contribution in [3.05, 3.63) is 0 Å². The second-order valence-electron chi connectivity index (χ2n) is 4.59. The highest BCUT2D eigenvalue weighted by Crippen LogP contribution is 2.20. The Morgan fingerprint density at radius 2 is 2.10 bits per heavy atom. The Morgan fingerprint density at radius 3 is 2.80 bits per heavy atom. The van der Waals surface area contributed by atoms with Gasteiger partial charge in [0, 0.05) is 26.7 Å². The van der Waals surface area contributed by atoms with Crippen LogP contribution in [-0.4, -0.2) is 54.4 Å². The maximum Gasteiger partial charge on any atom is 0.323 e. The molecule has 1 atom stereocenters. The van der Waals surface area contributed by atoms with E-state index in [-0.39, 0.29) is 6.10 Å². The highest BCUT2D eigenvalue weighted by Gasteiger charge is 2.23. The molecule has 112 valence electrons. The van der Waals surface area contributed by atoms with Gasteiger partial charge in [0.25, 0.3) is 0 Å². The molecule has 1 aliphatic rings. The summed E-state index contributed by atoms with van der Waals surface area (Å²) < 4.78 is 11.1. The maximum atomic E-state index is 5.71. The molecule has 1 fully saturated rings. The fourth-order valence-corrected chi connectivity index (χ4v) is 2.28. The molecule has 1 aliphatic heterocycles. The van der Waals surface area contributed by atoms with Crippen molar-refractivity contribution in [2.45, 2.75) is 32.8 Å². The average molecular weight is 281 g/mol. The number of hydrogen-bond donors (Lipinski definition) is 1. The van der Waals surface area contributed by atoms with Crippen LogP contribution in [-0.2, 0) is 4.74 Å². The summed E-state index contributed by atoms with van der Waals surface area (Å²) >= 11 is 0. The SMILES string of the molecule is CCOc1nc(NC)nc(N2CCCC(OCC)C2)n1. The van der Waals surface area contributed by atoms with Crippen LogP contribution in [0.5, 0.6) is 6.01 Å². The van der Waals surface area contributed by atoms with E-state index in [1.807, 2.05) is 13.8 Å². The minimum atomic E-state index is 0.249. The molecular weight excluding hydrogens is 258 g/mol. The Labute approximate surface area is 119 Å². The van der Waals surface area contributed by atoms with Crippen molar-refractivity contribution < 1.29 is 9.47 Å². The second kappa shape index (κ2) is 7.23. The van der Waals surface area contributed by atoms with E-state index >= 15 is 0 Å². The first-order valence-electron chi connectivity index (χ1n) is 7.20. The van der Waals surface area contributed by atoms with Crippen molar-refractivity contribution in [3.8, 4) is 6.01 Å². The van der Waals surface area contributed by atoms with E-state index in [2.05, 4.69) is 25.2 Å². The lowest BCUT2D eigenvalue weighted by Gasteiger charge is -2.32. The number of ether oxygens (including phenoxy) is 2. The molecule has 7 heteroatoms. The molecule has 2 rings (SSSR count). The van der Waals surface area contributed by atoms with Crippen LogP contribution in [0.2, 0.25) is 0 Å². The van der Waals surface area contributed by atoms with Crippen molar-refractivity contribution in [1.82, 2.24) is 15.0 Å². The van der Waals surface area contributed by atoms with E-state index < -0.39 is 0 Å². The summed E-state index contributed by atoms with van der Waals surface area (Å²) in [4.78, 5) is 15.1. The monoisotopic (exact) mass is 281 g/mol. The van der Waals surface area contributed by atoms with Crippen molar-refractivity contribution >= 4 is 11.9 Å². The van der Waals surface area contributed by atoms with Gasteiger partial charge in [0.2, 0.25) is 11.9 Å². The second-order valence-corrected chi connectivity index (χ2v) is 4.59. The summed E-state index contributed by atoms with van der Waals surface area (Å²) in [6, 6.07) is 0.361. The van der Waals surface area contributed by atoms with E-state index in [1.54, 1.807) is 7.05 Å². The summed E-state index contributed by atoms with van der Waals surface area (Å²) in [6.07, 6.45) is 2.42. The van der Waals surface area contributed by atoms with E-state index in [1.165, 1.54) is 0 Å². The summed E-state index contributed by atoms with van der Waals surface area (Å²) in [6.45, 7) is 6.95. The largest absolute Gasteiger partial charge is 0.464 e. The van der Waals surface area contributed by atoms with Crippen molar-refractivity contribution in [2.24, 2.45) is 0 Å². The van der Waals surface area contributed by atoms with E-state index in [0.717, 1.165) is 32.5 Å². The van der Waals surface area contributed by atoms with Crippen LogP contribution in [0.3, 0.4) is 0 Å². The number of rotatable bonds is 6. The van der Waals surface area contributed by atoms with Gasteiger partial charge < -0.3 is 19.7 Å². The average Bonchev–Trinajstić information content (AvgIpc) is 2.48. The highest BCUT2D eigenvalue weighted by atomic mass is 16.5. The predicted molar refractivity (Wildman–Crippen MR) is 77.4 cm³/mol. The van der Waals surface area contributed by atoms with Gasteiger partial charge in [0.1, 0.15) is 0 Å². The minimum absolute atomic E-state index is 0.249. The third-order valence-electron chi connectivity index (χ3n) is 3.16. The van der Waals surface area contributed by atoms with Gasteiger partial charge in [-0.15, -0.1) is 0 Å². The van der Waals surface area contributed by atoms with Gasteiger partial charge >= 0.3 is 6.01 Å². The number of nitrogens with one attached hydrogen (secondary N) is 1. The van der Waals surface area contributed by atoms with E-state index in [4.69, 9.17) is 9.47 Å². The molecule has 1 unspecified atom stereocenters. The van der Waals surface area contributed by atoms with E-state index in [9.17, 15) is 0 Å². The molecule has 0 spiro atoms. The van der Waals surface area contributed by atoms with Crippen LogP contribution in [0.4, 0.5) is 11.9 Å². The summed E-state index contributed by atoms with van der Waals surface area (Å²) in [5.41, 5.74) is 0. The van der Waals surface area contributed by atoms with Crippen LogP contribution in [0.25, 0.3) is 0 Å². The topological polar surface area (TPSA) is 72.4 Å². The van der Waals surface area contributed by atoms with Crippen molar-refractivity contribution in [3.63, 3.8) is 0 Å². The van der Waals surface area contributed by atoms with Gasteiger partial charge in [-0.05, 0) is 26.7 Å².